The van der Waals surface area contributed by atoms with Crippen LogP contribution in [0, 0.1) is 6.92 Å². The molecule has 0 aliphatic carbocycles. The summed E-state index contributed by atoms with van der Waals surface area (Å²) in [6.45, 7) is 1.75. The van der Waals surface area contributed by atoms with Crippen molar-refractivity contribution < 1.29 is 4.79 Å². The van der Waals surface area contributed by atoms with Gasteiger partial charge in [-0.2, -0.15) is 10.2 Å². The molecule has 0 bridgehead atoms. The Balaban J connectivity index is 2.19. The summed E-state index contributed by atoms with van der Waals surface area (Å²) in [6, 6.07) is 1.63. The number of hydrogen-bond acceptors (Lipinski definition) is 4. The van der Waals surface area contributed by atoms with Gasteiger partial charge in [0.05, 0.1) is 17.6 Å². The molecule has 7 heteroatoms. The summed E-state index contributed by atoms with van der Waals surface area (Å²) in [5.41, 5.74) is 6.86. The molecule has 0 saturated heterocycles. The lowest BCUT2D eigenvalue weighted by atomic mass is 10.3. The minimum absolute atomic E-state index is 0.182. The molecule has 0 unspecified atom stereocenters. The van der Waals surface area contributed by atoms with E-state index in [9.17, 15) is 4.79 Å². The van der Waals surface area contributed by atoms with Crippen molar-refractivity contribution in [2.75, 3.05) is 11.1 Å². The number of anilines is 2. The number of nitrogens with zero attached hydrogens (tertiary/aromatic N) is 2. The highest BCUT2D eigenvalue weighted by Gasteiger charge is 2.15. The molecule has 0 spiro atoms. The molecule has 7 nitrogen and oxygen atoms in total. The fraction of sp³-hybridized carbons (Fsp3) is 0.125. The van der Waals surface area contributed by atoms with E-state index in [2.05, 4.69) is 25.7 Å². The minimum Gasteiger partial charge on any atom is -0.395 e. The molecule has 0 atom stereocenters. The minimum atomic E-state index is -0.374. The number of rotatable bonds is 2. The summed E-state index contributed by atoms with van der Waals surface area (Å²) in [5.74, 6) is 0.126. The van der Waals surface area contributed by atoms with E-state index in [-0.39, 0.29) is 11.6 Å². The maximum Gasteiger partial charge on any atom is 0.279 e. The third-order valence-electron chi connectivity index (χ3n) is 1.96. The van der Waals surface area contributed by atoms with Gasteiger partial charge in [0.1, 0.15) is 5.82 Å². The number of nitrogen functional groups attached to an aromatic ring is 1. The van der Waals surface area contributed by atoms with Crippen LogP contribution >= 0.6 is 0 Å². The smallest absolute Gasteiger partial charge is 0.279 e. The highest BCUT2D eigenvalue weighted by Crippen LogP contribution is 2.13. The second-order valence-electron chi connectivity index (χ2n) is 3.04. The van der Waals surface area contributed by atoms with Crippen molar-refractivity contribution in [2.24, 2.45) is 0 Å². The highest BCUT2D eigenvalue weighted by molar-refractivity contribution is 6.05. The van der Waals surface area contributed by atoms with Gasteiger partial charge < -0.3 is 11.1 Å². The van der Waals surface area contributed by atoms with E-state index in [0.29, 0.717) is 17.2 Å². The van der Waals surface area contributed by atoms with E-state index < -0.39 is 0 Å². The van der Waals surface area contributed by atoms with Gasteiger partial charge >= 0.3 is 0 Å². The summed E-state index contributed by atoms with van der Waals surface area (Å²) in [7, 11) is 0. The van der Waals surface area contributed by atoms with Gasteiger partial charge in [0, 0.05) is 6.07 Å². The molecule has 2 rings (SSSR count). The highest BCUT2D eigenvalue weighted by atomic mass is 16.2. The molecule has 0 aromatic carbocycles. The van der Waals surface area contributed by atoms with E-state index in [1.165, 1.54) is 6.20 Å². The zero-order valence-electron chi connectivity index (χ0n) is 8.03. The Labute approximate surface area is 85.1 Å². The molecule has 2 heterocycles. The molecular weight excluding hydrogens is 196 g/mol. The number of amides is 1. The summed E-state index contributed by atoms with van der Waals surface area (Å²) < 4.78 is 0. The van der Waals surface area contributed by atoms with E-state index in [0.717, 1.165) is 0 Å². The monoisotopic (exact) mass is 206 g/mol. The van der Waals surface area contributed by atoms with E-state index in [4.69, 9.17) is 5.73 Å². The summed E-state index contributed by atoms with van der Waals surface area (Å²) in [6.07, 6.45) is 1.54. The van der Waals surface area contributed by atoms with Crippen LogP contribution in [-0.2, 0) is 0 Å². The Morgan fingerprint density at radius 1 is 1.53 bits per heavy atom. The van der Waals surface area contributed by atoms with Gasteiger partial charge in [-0.1, -0.05) is 0 Å². The van der Waals surface area contributed by atoms with Crippen LogP contribution in [0.15, 0.2) is 12.3 Å². The van der Waals surface area contributed by atoms with Crippen molar-refractivity contribution in [3.05, 3.63) is 23.7 Å². The Hall–Kier alpha value is -2.31. The van der Waals surface area contributed by atoms with Crippen molar-refractivity contribution in [1.29, 1.82) is 0 Å². The molecule has 0 saturated carbocycles. The first-order chi connectivity index (χ1) is 7.18. The van der Waals surface area contributed by atoms with E-state index >= 15 is 0 Å². The van der Waals surface area contributed by atoms with Crippen LogP contribution in [0.5, 0.6) is 0 Å². The van der Waals surface area contributed by atoms with E-state index in [1.54, 1.807) is 13.0 Å². The first kappa shape index (κ1) is 9.25. The number of aromatic amines is 2. The van der Waals surface area contributed by atoms with Crippen LogP contribution in [0.25, 0.3) is 0 Å². The zero-order valence-corrected chi connectivity index (χ0v) is 8.03. The number of aryl methyl sites for hydroxylation is 1. The third kappa shape index (κ3) is 1.66. The molecule has 15 heavy (non-hydrogen) atoms. The largest absolute Gasteiger partial charge is 0.395 e. The number of hydrogen-bond donors (Lipinski definition) is 4. The Morgan fingerprint density at radius 3 is 2.87 bits per heavy atom. The third-order valence-corrected chi connectivity index (χ3v) is 1.96. The van der Waals surface area contributed by atoms with Crippen LogP contribution in [0.3, 0.4) is 0 Å². The van der Waals surface area contributed by atoms with Crippen LogP contribution in [0.1, 0.15) is 16.2 Å². The number of nitrogens with two attached hydrogens (primary N) is 1. The molecular formula is C8H10N6O. The molecule has 1 amide bonds. The second-order valence-corrected chi connectivity index (χ2v) is 3.04. The van der Waals surface area contributed by atoms with Gasteiger partial charge in [-0.05, 0) is 6.92 Å². The zero-order chi connectivity index (χ0) is 10.8. The van der Waals surface area contributed by atoms with Crippen LogP contribution in [0.2, 0.25) is 0 Å². The molecule has 0 aliphatic heterocycles. The lowest BCUT2D eigenvalue weighted by Gasteiger charge is -1.99. The molecule has 0 radical (unpaired) electrons. The lowest BCUT2D eigenvalue weighted by molar-refractivity contribution is 0.102. The van der Waals surface area contributed by atoms with Crippen molar-refractivity contribution in [3.8, 4) is 0 Å². The van der Waals surface area contributed by atoms with Gasteiger partial charge in [0.2, 0.25) is 0 Å². The molecule has 0 aliphatic rings. The molecule has 2 aromatic heterocycles. The predicted octanol–water partition coefficient (Wildman–Crippen LogP) is 0.276. The van der Waals surface area contributed by atoms with Crippen LogP contribution < -0.4 is 11.1 Å². The van der Waals surface area contributed by atoms with Gasteiger partial charge in [-0.3, -0.25) is 15.0 Å². The summed E-state index contributed by atoms with van der Waals surface area (Å²) in [4.78, 5) is 11.6. The van der Waals surface area contributed by atoms with Crippen molar-refractivity contribution in [3.63, 3.8) is 0 Å². The molecule has 2 aromatic rings. The second kappa shape index (κ2) is 3.45. The maximum absolute atomic E-state index is 11.6. The Bertz CT molecular complexity index is 471. The van der Waals surface area contributed by atoms with Gasteiger partial charge in [0.15, 0.2) is 5.69 Å². The first-order valence-corrected chi connectivity index (χ1v) is 4.29. The SMILES string of the molecule is Cc1[nH]nc(C(=O)Nc2ccn[nH]2)c1N. The van der Waals surface area contributed by atoms with Gasteiger partial charge in [-0.15, -0.1) is 0 Å². The van der Waals surface area contributed by atoms with Crippen molar-refractivity contribution in [1.82, 2.24) is 20.4 Å². The average molecular weight is 206 g/mol. The molecule has 0 fully saturated rings. The van der Waals surface area contributed by atoms with Crippen molar-refractivity contribution >= 4 is 17.4 Å². The number of aromatic nitrogens is 4. The van der Waals surface area contributed by atoms with Crippen molar-refractivity contribution in [2.45, 2.75) is 6.92 Å². The molecule has 5 N–H and O–H groups in total. The Kier molecular flexibility index (Phi) is 2.13. The fourth-order valence-corrected chi connectivity index (χ4v) is 1.12. The normalized spacial score (nSPS) is 10.2. The number of carbonyl (C=O) groups excluding carboxylic acids is 1. The first-order valence-electron chi connectivity index (χ1n) is 4.29. The standard InChI is InChI=1S/C8H10N6O/c1-4-6(9)7(14-12-4)8(15)11-5-2-3-10-13-5/h2-3H,9H2,1H3,(H,12,14)(H2,10,11,13,15). The fourth-order valence-electron chi connectivity index (χ4n) is 1.12. The number of nitrogens with one attached hydrogen (secondary N) is 3. The number of carbonyl (C=O) groups is 1. The Morgan fingerprint density at radius 2 is 2.33 bits per heavy atom. The summed E-state index contributed by atoms with van der Waals surface area (Å²) in [5, 5.41) is 15.3. The maximum atomic E-state index is 11.6. The van der Waals surface area contributed by atoms with Crippen LogP contribution in [-0.4, -0.2) is 26.3 Å². The van der Waals surface area contributed by atoms with Gasteiger partial charge in [-0.25, -0.2) is 0 Å². The number of H-pyrrole nitrogens is 2. The van der Waals surface area contributed by atoms with Gasteiger partial charge in [0.25, 0.3) is 5.91 Å². The van der Waals surface area contributed by atoms with Crippen LogP contribution in [0.4, 0.5) is 11.5 Å². The topological polar surface area (TPSA) is 112 Å². The summed E-state index contributed by atoms with van der Waals surface area (Å²) >= 11 is 0. The average Bonchev–Trinajstić information content (AvgIpc) is 2.79. The quantitative estimate of drug-likeness (QED) is 0.565. The predicted molar refractivity (Wildman–Crippen MR) is 54.3 cm³/mol. The van der Waals surface area contributed by atoms with E-state index in [1.807, 2.05) is 0 Å². The molecule has 78 valence electrons. The lowest BCUT2D eigenvalue weighted by Crippen LogP contribution is -2.14.